The number of aliphatic hydroxyl groups is 1. The molecule has 2 aromatic carbocycles. The van der Waals surface area contributed by atoms with Crippen molar-refractivity contribution in [2.45, 2.75) is 52.2 Å². The van der Waals surface area contributed by atoms with Crippen LogP contribution in [0.1, 0.15) is 45.1 Å². The van der Waals surface area contributed by atoms with E-state index in [4.69, 9.17) is 4.74 Å². The molecule has 0 aliphatic heterocycles. The van der Waals surface area contributed by atoms with Gasteiger partial charge in [0.25, 0.3) is 0 Å². The first-order valence-corrected chi connectivity index (χ1v) is 8.55. The van der Waals surface area contributed by atoms with E-state index in [0.717, 1.165) is 29.2 Å². The summed E-state index contributed by atoms with van der Waals surface area (Å²) in [4.78, 5) is 12.1. The molecule has 0 radical (unpaired) electrons. The van der Waals surface area contributed by atoms with Gasteiger partial charge in [-0.15, -0.1) is 0 Å². The average Bonchev–Trinajstić information content (AvgIpc) is 2.62. The van der Waals surface area contributed by atoms with Gasteiger partial charge in [0, 0.05) is 0 Å². The maximum absolute atomic E-state index is 12.1. The first-order chi connectivity index (χ1) is 11.2. The molecule has 1 fully saturated rings. The van der Waals surface area contributed by atoms with Crippen LogP contribution >= 0.6 is 0 Å². The molecular weight excluding hydrogens is 288 g/mol. The lowest BCUT2D eigenvalue weighted by atomic mass is 9.87. The Bertz CT molecular complexity index is 622. The molecule has 0 saturated heterocycles. The number of carbonyl (C=O) groups is 1. The third-order valence-corrected chi connectivity index (χ3v) is 4.28. The van der Waals surface area contributed by atoms with Crippen LogP contribution in [0.25, 0.3) is 10.8 Å². The van der Waals surface area contributed by atoms with E-state index in [9.17, 15) is 9.90 Å². The Morgan fingerprint density at radius 1 is 1.04 bits per heavy atom. The van der Waals surface area contributed by atoms with Crippen LogP contribution in [0, 0.1) is 5.92 Å². The van der Waals surface area contributed by atoms with Crippen LogP contribution in [0.2, 0.25) is 0 Å². The fourth-order valence-electron chi connectivity index (χ4n) is 3.00. The van der Waals surface area contributed by atoms with Crippen molar-refractivity contribution in [3.8, 4) is 0 Å². The zero-order valence-corrected chi connectivity index (χ0v) is 14.0. The summed E-state index contributed by atoms with van der Waals surface area (Å²) in [6.07, 6.45) is 2.62. The molecule has 0 unspecified atom stereocenters. The smallest absolute Gasteiger partial charge is 0.309 e. The summed E-state index contributed by atoms with van der Waals surface area (Å²) in [5.74, 6) is -0.182. The normalized spacial score (nSPS) is 20.5. The van der Waals surface area contributed by atoms with Crippen LogP contribution in [0.3, 0.4) is 0 Å². The summed E-state index contributed by atoms with van der Waals surface area (Å²) in [6.45, 7) is 4.32. The van der Waals surface area contributed by atoms with E-state index in [1.165, 1.54) is 0 Å². The van der Waals surface area contributed by atoms with E-state index in [0.29, 0.717) is 19.4 Å². The van der Waals surface area contributed by atoms with Crippen LogP contribution in [-0.4, -0.2) is 17.2 Å². The van der Waals surface area contributed by atoms with Crippen LogP contribution in [0.4, 0.5) is 0 Å². The summed E-state index contributed by atoms with van der Waals surface area (Å²) in [7, 11) is 0. The number of benzene rings is 2. The molecule has 0 atom stereocenters. The Morgan fingerprint density at radius 2 is 1.70 bits per heavy atom. The lowest BCUT2D eigenvalue weighted by Gasteiger charge is -2.23. The maximum atomic E-state index is 12.1. The van der Waals surface area contributed by atoms with Gasteiger partial charge >= 0.3 is 5.97 Å². The fourth-order valence-corrected chi connectivity index (χ4v) is 3.00. The first kappa shape index (κ1) is 17.5. The molecule has 2 aromatic rings. The highest BCUT2D eigenvalue weighted by Gasteiger charge is 2.26. The Morgan fingerprint density at radius 3 is 2.43 bits per heavy atom. The largest absolute Gasteiger partial charge is 0.461 e. The van der Waals surface area contributed by atoms with Gasteiger partial charge in [0.2, 0.25) is 0 Å². The summed E-state index contributed by atoms with van der Waals surface area (Å²) >= 11 is 0. The number of carbonyl (C=O) groups excluding carboxylic acids is 1. The van der Waals surface area contributed by atoms with E-state index in [2.05, 4.69) is 18.2 Å². The van der Waals surface area contributed by atoms with Crippen molar-refractivity contribution >= 4 is 16.7 Å². The standard InChI is InChI=1S/C18H20O3.C2H6/c19-16-10-8-14(9-11-16)18(20)21-12-15-6-3-5-13-4-1-2-7-17(13)15;1-2/h1-7,14,16,19H,8-12H2;1-2H3. The van der Waals surface area contributed by atoms with Crippen molar-refractivity contribution in [3.05, 3.63) is 48.0 Å². The molecule has 1 aliphatic rings. The summed E-state index contributed by atoms with van der Waals surface area (Å²) in [5, 5.41) is 11.8. The van der Waals surface area contributed by atoms with Crippen molar-refractivity contribution in [1.29, 1.82) is 0 Å². The molecule has 0 amide bonds. The molecule has 3 heteroatoms. The second kappa shape index (κ2) is 8.68. The number of esters is 1. The van der Waals surface area contributed by atoms with Crippen LogP contribution in [-0.2, 0) is 16.1 Å². The van der Waals surface area contributed by atoms with Gasteiger partial charge < -0.3 is 9.84 Å². The van der Waals surface area contributed by atoms with Gasteiger partial charge in [-0.1, -0.05) is 56.3 Å². The number of rotatable bonds is 3. The minimum Gasteiger partial charge on any atom is -0.461 e. The number of ether oxygens (including phenoxy) is 1. The van der Waals surface area contributed by atoms with Gasteiger partial charge in [-0.05, 0) is 42.0 Å². The summed E-state index contributed by atoms with van der Waals surface area (Å²) in [6, 6.07) is 14.2. The molecule has 0 spiro atoms. The second-order valence-electron chi connectivity index (χ2n) is 5.75. The zero-order chi connectivity index (χ0) is 16.7. The minimum atomic E-state index is -0.243. The minimum absolute atomic E-state index is 0.0524. The topological polar surface area (TPSA) is 46.5 Å². The number of aliphatic hydroxyl groups excluding tert-OH is 1. The SMILES string of the molecule is CC.O=C(OCc1cccc2ccccc12)C1CCC(O)CC1. The Kier molecular flexibility index (Phi) is 6.60. The van der Waals surface area contributed by atoms with E-state index in [-0.39, 0.29) is 18.0 Å². The van der Waals surface area contributed by atoms with Gasteiger partial charge in [-0.2, -0.15) is 0 Å². The molecule has 124 valence electrons. The van der Waals surface area contributed by atoms with Crippen molar-refractivity contribution in [2.75, 3.05) is 0 Å². The van der Waals surface area contributed by atoms with Crippen LogP contribution < -0.4 is 0 Å². The van der Waals surface area contributed by atoms with E-state index < -0.39 is 0 Å². The summed E-state index contributed by atoms with van der Waals surface area (Å²) < 4.78 is 5.49. The molecule has 23 heavy (non-hydrogen) atoms. The van der Waals surface area contributed by atoms with Crippen molar-refractivity contribution < 1.29 is 14.6 Å². The molecule has 1 aliphatic carbocycles. The molecule has 1 saturated carbocycles. The molecular formula is C20H26O3. The number of hydrogen-bond donors (Lipinski definition) is 1. The van der Waals surface area contributed by atoms with E-state index in [1.54, 1.807) is 0 Å². The predicted octanol–water partition coefficient (Wildman–Crippen LogP) is 4.46. The summed E-state index contributed by atoms with van der Waals surface area (Å²) in [5.41, 5.74) is 1.04. The number of fused-ring (bicyclic) bond motifs is 1. The van der Waals surface area contributed by atoms with Crippen LogP contribution in [0.15, 0.2) is 42.5 Å². The average molecular weight is 314 g/mol. The lowest BCUT2D eigenvalue weighted by molar-refractivity contribution is -0.151. The third-order valence-electron chi connectivity index (χ3n) is 4.28. The lowest BCUT2D eigenvalue weighted by Crippen LogP contribution is -2.25. The number of hydrogen-bond acceptors (Lipinski definition) is 3. The van der Waals surface area contributed by atoms with Crippen molar-refractivity contribution in [3.63, 3.8) is 0 Å². The Balaban J connectivity index is 0.000000924. The van der Waals surface area contributed by atoms with Gasteiger partial charge in [0.15, 0.2) is 0 Å². The molecule has 0 heterocycles. The van der Waals surface area contributed by atoms with Crippen molar-refractivity contribution in [2.24, 2.45) is 5.92 Å². The molecule has 3 nitrogen and oxygen atoms in total. The quantitative estimate of drug-likeness (QED) is 0.851. The third kappa shape index (κ3) is 4.55. The highest BCUT2D eigenvalue weighted by Crippen LogP contribution is 2.26. The fraction of sp³-hybridized carbons (Fsp3) is 0.450. The Labute approximate surface area is 138 Å². The predicted molar refractivity (Wildman–Crippen MR) is 93.1 cm³/mol. The highest BCUT2D eigenvalue weighted by atomic mass is 16.5. The highest BCUT2D eigenvalue weighted by molar-refractivity contribution is 5.85. The monoisotopic (exact) mass is 314 g/mol. The molecule has 0 bridgehead atoms. The van der Waals surface area contributed by atoms with Gasteiger partial charge in [-0.3, -0.25) is 4.79 Å². The van der Waals surface area contributed by atoms with Crippen LogP contribution in [0.5, 0.6) is 0 Å². The zero-order valence-electron chi connectivity index (χ0n) is 14.0. The van der Waals surface area contributed by atoms with Gasteiger partial charge in [0.1, 0.15) is 6.61 Å². The second-order valence-corrected chi connectivity index (χ2v) is 5.75. The Hall–Kier alpha value is -1.87. The molecule has 1 N–H and O–H groups in total. The van der Waals surface area contributed by atoms with Crippen molar-refractivity contribution in [1.82, 2.24) is 0 Å². The first-order valence-electron chi connectivity index (χ1n) is 8.55. The maximum Gasteiger partial charge on any atom is 0.309 e. The molecule has 3 rings (SSSR count). The molecule has 0 aromatic heterocycles. The van der Waals surface area contributed by atoms with E-state index in [1.807, 2.05) is 38.1 Å². The van der Waals surface area contributed by atoms with Gasteiger partial charge in [0.05, 0.1) is 12.0 Å². The van der Waals surface area contributed by atoms with E-state index >= 15 is 0 Å². The van der Waals surface area contributed by atoms with Gasteiger partial charge in [-0.25, -0.2) is 0 Å².